The summed E-state index contributed by atoms with van der Waals surface area (Å²) in [5, 5.41) is 12.5. The lowest BCUT2D eigenvalue weighted by molar-refractivity contribution is -0.128. The molecule has 0 unspecified atom stereocenters. The molecule has 16 heavy (non-hydrogen) atoms. The molecule has 1 heterocycles. The lowest BCUT2D eigenvalue weighted by Crippen LogP contribution is -2.41. The Labute approximate surface area is 95.1 Å². The Balaban J connectivity index is 2.27. The van der Waals surface area contributed by atoms with Crippen LogP contribution in [0.3, 0.4) is 0 Å². The molecule has 86 valence electrons. The smallest absolute Gasteiger partial charge is 0.243 e. The third-order valence-corrected chi connectivity index (χ3v) is 2.82. The van der Waals surface area contributed by atoms with Crippen LogP contribution < -0.4 is 5.01 Å². The fourth-order valence-electron chi connectivity index (χ4n) is 2.03. The van der Waals surface area contributed by atoms with Gasteiger partial charge in [-0.25, -0.2) is 0 Å². The number of aliphatic hydroxyl groups excluding tert-OH is 1. The first-order valence-electron chi connectivity index (χ1n) is 5.48. The number of carbonyl (C=O) groups excluding carboxylic acids is 1. The van der Waals surface area contributed by atoms with Crippen molar-refractivity contribution in [2.45, 2.75) is 13.3 Å². The summed E-state index contributed by atoms with van der Waals surface area (Å²) < 4.78 is 0. The maximum atomic E-state index is 11.6. The van der Waals surface area contributed by atoms with Gasteiger partial charge < -0.3 is 5.11 Å². The van der Waals surface area contributed by atoms with Gasteiger partial charge in [-0.3, -0.25) is 14.8 Å². The van der Waals surface area contributed by atoms with Crippen molar-refractivity contribution in [1.82, 2.24) is 5.01 Å². The molecule has 1 aliphatic heterocycles. The summed E-state index contributed by atoms with van der Waals surface area (Å²) in [6.45, 7) is 3.08. The number of hydrazine groups is 1. The second kappa shape index (κ2) is 4.53. The molecule has 0 radical (unpaired) electrons. The highest BCUT2D eigenvalue weighted by Gasteiger charge is 2.29. The van der Waals surface area contributed by atoms with Gasteiger partial charge in [-0.2, -0.15) is 0 Å². The van der Waals surface area contributed by atoms with Crippen molar-refractivity contribution in [3.8, 4) is 0 Å². The maximum absolute atomic E-state index is 11.6. The van der Waals surface area contributed by atoms with Crippen LogP contribution in [0.2, 0.25) is 0 Å². The number of anilines is 1. The molecule has 1 aliphatic rings. The number of hydrogen-bond acceptors (Lipinski definition) is 3. The Morgan fingerprint density at radius 1 is 1.38 bits per heavy atom. The minimum atomic E-state index is -0.00583. The van der Waals surface area contributed by atoms with Crippen molar-refractivity contribution in [2.75, 3.05) is 24.7 Å². The molecule has 0 aliphatic carbocycles. The van der Waals surface area contributed by atoms with Crippen LogP contribution in [0, 0.1) is 6.92 Å². The van der Waals surface area contributed by atoms with Crippen molar-refractivity contribution in [3.05, 3.63) is 29.8 Å². The van der Waals surface area contributed by atoms with E-state index in [1.807, 2.05) is 36.2 Å². The lowest BCUT2D eigenvalue weighted by atomic mass is 10.2. The molecule has 0 aromatic heterocycles. The summed E-state index contributed by atoms with van der Waals surface area (Å²) in [5.41, 5.74) is 2.18. The second-order valence-corrected chi connectivity index (χ2v) is 3.90. The van der Waals surface area contributed by atoms with E-state index >= 15 is 0 Å². The van der Waals surface area contributed by atoms with Gasteiger partial charge in [0.15, 0.2) is 0 Å². The molecule has 0 saturated carbocycles. The van der Waals surface area contributed by atoms with E-state index in [0.29, 0.717) is 19.5 Å². The van der Waals surface area contributed by atoms with E-state index in [-0.39, 0.29) is 12.5 Å². The zero-order valence-corrected chi connectivity index (χ0v) is 9.39. The highest BCUT2D eigenvalue weighted by Crippen LogP contribution is 2.25. The average Bonchev–Trinajstić information content (AvgIpc) is 2.62. The number of rotatable bonds is 3. The Kier molecular flexibility index (Phi) is 3.10. The quantitative estimate of drug-likeness (QED) is 0.824. The number of aliphatic hydroxyl groups is 1. The Morgan fingerprint density at radius 3 is 2.81 bits per heavy atom. The minimum absolute atomic E-state index is 0.00583. The number of aryl methyl sites for hydroxylation is 1. The first kappa shape index (κ1) is 11.0. The van der Waals surface area contributed by atoms with Gasteiger partial charge in [-0.1, -0.05) is 18.2 Å². The van der Waals surface area contributed by atoms with Crippen LogP contribution in [0.15, 0.2) is 24.3 Å². The van der Waals surface area contributed by atoms with Crippen LogP contribution in [0.1, 0.15) is 12.0 Å². The molecule has 0 atom stereocenters. The van der Waals surface area contributed by atoms with Gasteiger partial charge in [-0.05, 0) is 18.6 Å². The number of nitrogens with zero attached hydrogens (tertiary/aromatic N) is 2. The van der Waals surface area contributed by atoms with Crippen LogP contribution in [0.5, 0.6) is 0 Å². The van der Waals surface area contributed by atoms with Crippen molar-refractivity contribution in [1.29, 1.82) is 0 Å². The normalized spacial score (nSPS) is 16.0. The molecule has 1 aromatic carbocycles. The van der Waals surface area contributed by atoms with Crippen LogP contribution in [0.4, 0.5) is 5.69 Å². The van der Waals surface area contributed by atoms with E-state index in [0.717, 1.165) is 11.3 Å². The van der Waals surface area contributed by atoms with Crippen molar-refractivity contribution in [2.24, 2.45) is 0 Å². The molecule has 1 N–H and O–H groups in total. The predicted octanol–water partition coefficient (Wildman–Crippen LogP) is 0.941. The fraction of sp³-hybridized carbons (Fsp3) is 0.417. The van der Waals surface area contributed by atoms with E-state index in [1.165, 1.54) is 0 Å². The van der Waals surface area contributed by atoms with E-state index in [9.17, 15) is 4.79 Å². The molecule has 0 bridgehead atoms. The molecule has 1 saturated heterocycles. The molecule has 0 spiro atoms. The number of benzene rings is 1. The van der Waals surface area contributed by atoms with Gasteiger partial charge in [0, 0.05) is 13.0 Å². The molecule has 1 amide bonds. The minimum Gasteiger partial charge on any atom is -0.394 e. The zero-order chi connectivity index (χ0) is 11.5. The van der Waals surface area contributed by atoms with E-state index in [2.05, 4.69) is 0 Å². The third-order valence-electron chi connectivity index (χ3n) is 2.82. The number of hydrogen-bond donors (Lipinski definition) is 1. The summed E-state index contributed by atoms with van der Waals surface area (Å²) in [7, 11) is 0. The van der Waals surface area contributed by atoms with Crippen LogP contribution in [-0.4, -0.2) is 35.7 Å². The third kappa shape index (κ3) is 1.88. The number of para-hydroxylation sites is 1. The fourth-order valence-corrected chi connectivity index (χ4v) is 2.03. The molecular weight excluding hydrogens is 204 g/mol. The topological polar surface area (TPSA) is 43.8 Å². The monoisotopic (exact) mass is 220 g/mol. The first-order chi connectivity index (χ1) is 7.74. The molecule has 1 aromatic rings. The average molecular weight is 220 g/mol. The van der Waals surface area contributed by atoms with Crippen LogP contribution >= 0.6 is 0 Å². The Morgan fingerprint density at radius 2 is 2.12 bits per heavy atom. The van der Waals surface area contributed by atoms with Crippen molar-refractivity contribution >= 4 is 11.6 Å². The zero-order valence-electron chi connectivity index (χ0n) is 9.39. The first-order valence-corrected chi connectivity index (χ1v) is 5.48. The molecule has 2 rings (SSSR count). The van der Waals surface area contributed by atoms with Gasteiger partial charge in [0.05, 0.1) is 18.8 Å². The summed E-state index contributed by atoms with van der Waals surface area (Å²) in [6, 6.07) is 7.96. The predicted molar refractivity (Wildman–Crippen MR) is 61.9 cm³/mol. The highest BCUT2D eigenvalue weighted by atomic mass is 16.3. The highest BCUT2D eigenvalue weighted by molar-refractivity contribution is 5.82. The van der Waals surface area contributed by atoms with Gasteiger partial charge in [-0.15, -0.1) is 0 Å². The SMILES string of the molecule is Cc1ccccc1N1CCC(=O)N1CCO. The largest absolute Gasteiger partial charge is 0.394 e. The summed E-state index contributed by atoms with van der Waals surface area (Å²) >= 11 is 0. The van der Waals surface area contributed by atoms with E-state index in [4.69, 9.17) is 5.11 Å². The second-order valence-electron chi connectivity index (χ2n) is 3.90. The Hall–Kier alpha value is -1.55. The van der Waals surface area contributed by atoms with Crippen molar-refractivity contribution < 1.29 is 9.90 Å². The van der Waals surface area contributed by atoms with Crippen LogP contribution in [0.25, 0.3) is 0 Å². The maximum Gasteiger partial charge on any atom is 0.243 e. The molecule has 4 nitrogen and oxygen atoms in total. The molecular formula is C12H16N2O2. The van der Waals surface area contributed by atoms with E-state index < -0.39 is 0 Å². The summed E-state index contributed by atoms with van der Waals surface area (Å²) in [5.74, 6) is 0.0808. The lowest BCUT2D eigenvalue weighted by Gasteiger charge is -2.30. The van der Waals surface area contributed by atoms with Gasteiger partial charge in [0.25, 0.3) is 0 Å². The van der Waals surface area contributed by atoms with Gasteiger partial charge in [0.1, 0.15) is 0 Å². The number of carbonyl (C=O) groups is 1. The number of amides is 1. The molecule has 4 heteroatoms. The van der Waals surface area contributed by atoms with Gasteiger partial charge >= 0.3 is 0 Å². The standard InChI is InChI=1S/C12H16N2O2/c1-10-4-2-3-5-11(10)13-7-6-12(16)14(13)8-9-15/h2-5,15H,6-9H2,1H3. The summed E-state index contributed by atoms with van der Waals surface area (Å²) in [6.07, 6.45) is 0.522. The number of β-amino-alcohol motifs (C(OH)–C–C–N with tert-alkyl or cyclic N) is 1. The van der Waals surface area contributed by atoms with Crippen molar-refractivity contribution in [3.63, 3.8) is 0 Å². The Bertz CT molecular complexity index is 392. The van der Waals surface area contributed by atoms with Crippen LogP contribution in [-0.2, 0) is 4.79 Å². The van der Waals surface area contributed by atoms with Gasteiger partial charge in [0.2, 0.25) is 5.91 Å². The van der Waals surface area contributed by atoms with E-state index in [1.54, 1.807) is 5.01 Å². The molecule has 1 fully saturated rings. The summed E-state index contributed by atoms with van der Waals surface area (Å²) in [4.78, 5) is 11.6.